The minimum Gasteiger partial charge on any atom is -0.302 e. The summed E-state index contributed by atoms with van der Waals surface area (Å²) in [6.45, 7) is 4.99. The average Bonchev–Trinajstić information content (AvgIpc) is 3.10. The lowest BCUT2D eigenvalue weighted by atomic mass is 9.99. The Morgan fingerprint density at radius 2 is 2.04 bits per heavy atom. The van der Waals surface area contributed by atoms with Gasteiger partial charge in [0.25, 0.3) is 5.56 Å². The SMILES string of the molecule is CCn1c2c(c(Cc3ccncc3)c(C)c1=O)N=CC1=CN(OC)CN12. The second kappa shape index (κ2) is 6.42. The molecule has 0 atom stereocenters. The Bertz CT molecular complexity index is 962. The van der Waals surface area contributed by atoms with Gasteiger partial charge >= 0.3 is 0 Å². The quantitative estimate of drug-likeness (QED) is 0.846. The number of allylic oxidation sites excluding steroid dienone is 1. The van der Waals surface area contributed by atoms with Crippen LogP contribution in [-0.2, 0) is 17.8 Å². The van der Waals surface area contributed by atoms with Crippen LogP contribution < -0.4 is 10.5 Å². The van der Waals surface area contributed by atoms with Gasteiger partial charge in [0, 0.05) is 30.9 Å². The summed E-state index contributed by atoms with van der Waals surface area (Å²) in [5, 5.41) is 1.73. The van der Waals surface area contributed by atoms with Crippen molar-refractivity contribution in [3.8, 4) is 0 Å². The fraction of sp³-hybridized carbons (Fsp3) is 0.316. The molecular formula is C19H21N5O2. The van der Waals surface area contributed by atoms with E-state index in [2.05, 4.69) is 9.88 Å². The van der Waals surface area contributed by atoms with Crippen molar-refractivity contribution < 1.29 is 4.84 Å². The van der Waals surface area contributed by atoms with Gasteiger partial charge in [-0.25, -0.2) is 5.06 Å². The maximum Gasteiger partial charge on any atom is 0.255 e. The summed E-state index contributed by atoms with van der Waals surface area (Å²) in [5.41, 5.74) is 4.62. The maximum atomic E-state index is 13.0. The molecule has 0 aromatic carbocycles. The van der Waals surface area contributed by atoms with E-state index in [0.717, 1.165) is 33.9 Å². The van der Waals surface area contributed by atoms with Gasteiger partial charge in [-0.2, -0.15) is 0 Å². The van der Waals surface area contributed by atoms with Crippen molar-refractivity contribution in [2.45, 2.75) is 26.8 Å². The molecule has 0 N–H and O–H groups in total. The monoisotopic (exact) mass is 351 g/mol. The van der Waals surface area contributed by atoms with Crippen molar-refractivity contribution in [3.63, 3.8) is 0 Å². The predicted molar refractivity (Wildman–Crippen MR) is 101 cm³/mol. The highest BCUT2D eigenvalue weighted by atomic mass is 16.7. The van der Waals surface area contributed by atoms with Crippen molar-refractivity contribution >= 4 is 17.7 Å². The fourth-order valence-corrected chi connectivity index (χ4v) is 3.50. The van der Waals surface area contributed by atoms with Crippen LogP contribution in [0, 0.1) is 6.92 Å². The third-order valence-electron chi connectivity index (χ3n) is 4.90. The smallest absolute Gasteiger partial charge is 0.255 e. The van der Waals surface area contributed by atoms with Crippen LogP contribution in [0.1, 0.15) is 23.6 Å². The zero-order chi connectivity index (χ0) is 18.3. The summed E-state index contributed by atoms with van der Waals surface area (Å²) < 4.78 is 1.80. The van der Waals surface area contributed by atoms with E-state index < -0.39 is 0 Å². The van der Waals surface area contributed by atoms with E-state index in [0.29, 0.717) is 19.6 Å². The molecule has 7 heteroatoms. The van der Waals surface area contributed by atoms with Crippen molar-refractivity contribution in [2.75, 3.05) is 18.7 Å². The van der Waals surface area contributed by atoms with E-state index in [4.69, 9.17) is 9.83 Å². The number of anilines is 1. The highest BCUT2D eigenvalue weighted by Crippen LogP contribution is 2.40. The molecule has 0 aliphatic carbocycles. The Hall–Kier alpha value is -2.93. The molecule has 0 bridgehead atoms. The lowest BCUT2D eigenvalue weighted by molar-refractivity contribution is -0.0791. The zero-order valence-electron chi connectivity index (χ0n) is 15.1. The van der Waals surface area contributed by atoms with Gasteiger partial charge < -0.3 is 4.90 Å². The van der Waals surface area contributed by atoms with E-state index in [1.807, 2.05) is 38.4 Å². The van der Waals surface area contributed by atoms with E-state index in [9.17, 15) is 4.79 Å². The molecule has 2 aliphatic heterocycles. The third-order valence-corrected chi connectivity index (χ3v) is 4.90. The van der Waals surface area contributed by atoms with Crippen molar-refractivity contribution in [3.05, 3.63) is 63.5 Å². The van der Waals surface area contributed by atoms with Crippen LogP contribution in [0.2, 0.25) is 0 Å². The lowest BCUT2D eigenvalue weighted by Crippen LogP contribution is -2.35. The molecule has 0 spiro atoms. The number of pyridine rings is 2. The van der Waals surface area contributed by atoms with Crippen LogP contribution in [0.5, 0.6) is 0 Å². The number of hydroxylamine groups is 2. The largest absolute Gasteiger partial charge is 0.302 e. The number of fused-ring (bicyclic) bond motifs is 3. The number of rotatable bonds is 4. The Labute approximate surface area is 151 Å². The first-order valence-corrected chi connectivity index (χ1v) is 8.63. The predicted octanol–water partition coefficient (Wildman–Crippen LogP) is 2.36. The number of aliphatic imine (C=N–C) groups is 1. The minimum atomic E-state index is 0.0302. The summed E-state index contributed by atoms with van der Waals surface area (Å²) >= 11 is 0. The van der Waals surface area contributed by atoms with Gasteiger partial charge in [-0.3, -0.25) is 24.2 Å². The molecule has 2 aromatic heterocycles. The van der Waals surface area contributed by atoms with E-state index in [1.165, 1.54) is 0 Å². The van der Waals surface area contributed by atoms with Gasteiger partial charge in [-0.1, -0.05) is 0 Å². The molecule has 7 nitrogen and oxygen atoms in total. The lowest BCUT2D eigenvalue weighted by Gasteiger charge is -2.30. The molecule has 0 unspecified atom stereocenters. The number of hydrogen-bond acceptors (Lipinski definition) is 6. The highest BCUT2D eigenvalue weighted by Gasteiger charge is 2.31. The normalized spacial score (nSPS) is 15.1. The highest BCUT2D eigenvalue weighted by molar-refractivity contribution is 5.94. The number of nitrogens with zero attached hydrogens (tertiary/aromatic N) is 5. The van der Waals surface area contributed by atoms with E-state index in [1.54, 1.807) is 29.1 Å². The first kappa shape index (κ1) is 16.5. The molecular weight excluding hydrogens is 330 g/mol. The molecule has 2 aromatic rings. The summed E-state index contributed by atoms with van der Waals surface area (Å²) in [6.07, 6.45) is 7.91. The molecule has 26 heavy (non-hydrogen) atoms. The first-order valence-electron chi connectivity index (χ1n) is 8.63. The molecule has 0 saturated heterocycles. The standard InChI is InChI=1S/C19H21N5O2/c1-4-23-18-17(21-10-15-11-22(26-3)12-24(15)18)16(13(2)19(23)25)9-14-5-7-20-8-6-14/h5-8,10-11H,4,9,12H2,1-3H3. The third kappa shape index (κ3) is 2.52. The van der Waals surface area contributed by atoms with Crippen LogP contribution >= 0.6 is 0 Å². The van der Waals surface area contributed by atoms with Gasteiger partial charge in [-0.05, 0) is 37.1 Å². The Morgan fingerprint density at radius 1 is 1.27 bits per heavy atom. The van der Waals surface area contributed by atoms with Crippen molar-refractivity contribution in [1.29, 1.82) is 0 Å². The molecule has 4 rings (SSSR count). The van der Waals surface area contributed by atoms with E-state index in [-0.39, 0.29) is 5.56 Å². The van der Waals surface area contributed by atoms with Crippen LogP contribution in [0.3, 0.4) is 0 Å². The minimum absolute atomic E-state index is 0.0302. The molecule has 0 saturated carbocycles. The second-order valence-electron chi connectivity index (χ2n) is 6.34. The van der Waals surface area contributed by atoms with Gasteiger partial charge in [0.1, 0.15) is 18.2 Å². The van der Waals surface area contributed by atoms with Crippen LogP contribution in [0.4, 0.5) is 11.5 Å². The Morgan fingerprint density at radius 3 is 2.73 bits per heavy atom. The zero-order valence-corrected chi connectivity index (χ0v) is 15.1. The van der Waals surface area contributed by atoms with E-state index >= 15 is 0 Å². The second-order valence-corrected chi connectivity index (χ2v) is 6.34. The molecule has 134 valence electrons. The molecule has 0 fully saturated rings. The average molecular weight is 351 g/mol. The molecule has 0 radical (unpaired) electrons. The van der Waals surface area contributed by atoms with Crippen molar-refractivity contribution in [1.82, 2.24) is 14.6 Å². The Kier molecular flexibility index (Phi) is 4.08. The maximum absolute atomic E-state index is 13.0. The number of hydrogen-bond donors (Lipinski definition) is 0. The summed E-state index contributed by atoms with van der Waals surface area (Å²) in [6, 6.07) is 3.94. The van der Waals surface area contributed by atoms with Crippen molar-refractivity contribution in [2.24, 2.45) is 4.99 Å². The molecule has 2 aliphatic rings. The Balaban J connectivity index is 1.90. The van der Waals surface area contributed by atoms with Crippen LogP contribution in [-0.4, -0.2) is 34.6 Å². The van der Waals surface area contributed by atoms with Gasteiger partial charge in [0.15, 0.2) is 0 Å². The first-order chi connectivity index (χ1) is 12.6. The topological polar surface area (TPSA) is 63.0 Å². The number of aromatic nitrogens is 2. The summed E-state index contributed by atoms with van der Waals surface area (Å²) in [5.74, 6) is 0.834. The fourth-order valence-electron chi connectivity index (χ4n) is 3.50. The van der Waals surface area contributed by atoms with Gasteiger partial charge in [0.2, 0.25) is 0 Å². The van der Waals surface area contributed by atoms with Crippen LogP contribution in [0.15, 0.2) is 46.2 Å². The molecule has 0 amide bonds. The molecule has 4 heterocycles. The summed E-state index contributed by atoms with van der Waals surface area (Å²) in [4.78, 5) is 29.2. The van der Waals surface area contributed by atoms with Gasteiger partial charge in [0.05, 0.1) is 25.2 Å². The van der Waals surface area contributed by atoms with Gasteiger partial charge in [-0.15, -0.1) is 0 Å². The summed E-state index contributed by atoms with van der Waals surface area (Å²) in [7, 11) is 1.63. The van der Waals surface area contributed by atoms with Crippen LogP contribution in [0.25, 0.3) is 0 Å².